The molecule has 0 spiro atoms. The standard InChI is InChI=1S/C15H18N4O2S/c1-15(2)9-21-12(11-6-4-3-5-7-11)8-19(15)14(20)17-13-18-16-10-22-13/h3-7,10,12H,8-9H2,1-2H3,(H,17,18,20)/t12-/m1/s1. The van der Waals surface area contributed by atoms with Crippen molar-refractivity contribution in [3.8, 4) is 0 Å². The summed E-state index contributed by atoms with van der Waals surface area (Å²) in [6.07, 6.45) is -0.116. The second-order valence-corrected chi connectivity index (χ2v) is 6.64. The molecule has 1 aliphatic heterocycles. The van der Waals surface area contributed by atoms with Crippen LogP contribution < -0.4 is 5.32 Å². The maximum Gasteiger partial charge on any atom is 0.324 e. The van der Waals surface area contributed by atoms with Gasteiger partial charge in [-0.25, -0.2) is 4.79 Å². The number of anilines is 1. The fourth-order valence-electron chi connectivity index (χ4n) is 2.46. The number of benzene rings is 1. The quantitative estimate of drug-likeness (QED) is 0.924. The van der Waals surface area contributed by atoms with Crippen molar-refractivity contribution in [2.45, 2.75) is 25.5 Å². The molecule has 2 aromatic rings. The molecule has 1 aromatic carbocycles. The summed E-state index contributed by atoms with van der Waals surface area (Å²) in [6.45, 7) is 4.97. The van der Waals surface area contributed by atoms with Crippen LogP contribution in [0.1, 0.15) is 25.5 Å². The molecule has 0 radical (unpaired) electrons. The first-order valence-electron chi connectivity index (χ1n) is 7.07. The normalized spacial score (nSPS) is 20.6. The maximum atomic E-state index is 12.6. The topological polar surface area (TPSA) is 67.3 Å². The second kappa shape index (κ2) is 6.02. The number of amides is 2. The van der Waals surface area contributed by atoms with Crippen molar-refractivity contribution in [3.63, 3.8) is 0 Å². The van der Waals surface area contributed by atoms with Crippen LogP contribution in [-0.2, 0) is 4.74 Å². The Morgan fingerprint density at radius 1 is 1.41 bits per heavy atom. The van der Waals surface area contributed by atoms with Crippen LogP contribution >= 0.6 is 11.3 Å². The first kappa shape index (κ1) is 14.9. The highest BCUT2D eigenvalue weighted by molar-refractivity contribution is 7.13. The Kier molecular flexibility index (Phi) is 4.08. The van der Waals surface area contributed by atoms with Gasteiger partial charge in [-0.2, -0.15) is 0 Å². The van der Waals surface area contributed by atoms with Gasteiger partial charge in [0.15, 0.2) is 0 Å². The summed E-state index contributed by atoms with van der Waals surface area (Å²) in [7, 11) is 0. The van der Waals surface area contributed by atoms with E-state index >= 15 is 0 Å². The van der Waals surface area contributed by atoms with Crippen molar-refractivity contribution < 1.29 is 9.53 Å². The number of nitrogens with zero attached hydrogens (tertiary/aromatic N) is 3. The van der Waals surface area contributed by atoms with Crippen molar-refractivity contribution in [1.82, 2.24) is 15.1 Å². The molecule has 1 aliphatic rings. The number of carbonyl (C=O) groups is 1. The minimum atomic E-state index is -0.375. The number of morpholine rings is 1. The molecular weight excluding hydrogens is 300 g/mol. The lowest BCUT2D eigenvalue weighted by Crippen LogP contribution is -2.57. The molecule has 1 aromatic heterocycles. The molecule has 7 heteroatoms. The van der Waals surface area contributed by atoms with Crippen molar-refractivity contribution >= 4 is 22.5 Å². The van der Waals surface area contributed by atoms with Gasteiger partial charge in [0.05, 0.1) is 18.7 Å². The van der Waals surface area contributed by atoms with Gasteiger partial charge in [0.2, 0.25) is 5.13 Å². The van der Waals surface area contributed by atoms with Crippen molar-refractivity contribution in [3.05, 3.63) is 41.4 Å². The van der Waals surface area contributed by atoms with E-state index in [1.807, 2.05) is 44.2 Å². The Bertz CT molecular complexity index is 630. The minimum Gasteiger partial charge on any atom is -0.369 e. The highest BCUT2D eigenvalue weighted by Gasteiger charge is 2.38. The van der Waals surface area contributed by atoms with Crippen LogP contribution in [-0.4, -0.2) is 39.8 Å². The van der Waals surface area contributed by atoms with E-state index in [4.69, 9.17) is 4.74 Å². The van der Waals surface area contributed by atoms with Gasteiger partial charge in [-0.1, -0.05) is 41.7 Å². The van der Waals surface area contributed by atoms with Crippen molar-refractivity contribution in [1.29, 1.82) is 0 Å². The van der Waals surface area contributed by atoms with E-state index in [-0.39, 0.29) is 17.7 Å². The fraction of sp³-hybridized carbons (Fsp3) is 0.400. The molecule has 6 nitrogen and oxygen atoms in total. The molecule has 1 atom stereocenters. The van der Waals surface area contributed by atoms with Gasteiger partial charge < -0.3 is 9.64 Å². The Labute approximate surface area is 133 Å². The van der Waals surface area contributed by atoms with Gasteiger partial charge >= 0.3 is 6.03 Å². The summed E-state index contributed by atoms with van der Waals surface area (Å²) in [5.74, 6) is 0. The van der Waals surface area contributed by atoms with E-state index in [1.54, 1.807) is 10.4 Å². The zero-order chi connectivity index (χ0) is 15.6. The monoisotopic (exact) mass is 318 g/mol. The van der Waals surface area contributed by atoms with Gasteiger partial charge in [-0.05, 0) is 19.4 Å². The third kappa shape index (κ3) is 3.10. The molecule has 0 unspecified atom stereocenters. The number of rotatable bonds is 2. The number of urea groups is 1. The number of ether oxygens (including phenoxy) is 1. The highest BCUT2D eigenvalue weighted by atomic mass is 32.1. The van der Waals surface area contributed by atoms with Gasteiger partial charge in [-0.3, -0.25) is 5.32 Å². The van der Waals surface area contributed by atoms with Crippen LogP contribution in [0.5, 0.6) is 0 Å². The largest absolute Gasteiger partial charge is 0.369 e. The van der Waals surface area contributed by atoms with E-state index in [0.717, 1.165) is 5.56 Å². The molecule has 1 saturated heterocycles. The number of aromatic nitrogens is 2. The molecule has 22 heavy (non-hydrogen) atoms. The predicted octanol–water partition coefficient (Wildman–Crippen LogP) is 2.92. The van der Waals surface area contributed by atoms with E-state index in [9.17, 15) is 4.79 Å². The molecule has 116 valence electrons. The number of hydrogen-bond acceptors (Lipinski definition) is 5. The Morgan fingerprint density at radius 2 is 2.18 bits per heavy atom. The van der Waals surface area contributed by atoms with Crippen LogP contribution in [0.15, 0.2) is 35.8 Å². The number of carbonyl (C=O) groups excluding carboxylic acids is 1. The number of hydrogen-bond donors (Lipinski definition) is 1. The van der Waals surface area contributed by atoms with Crippen molar-refractivity contribution in [2.24, 2.45) is 0 Å². The van der Waals surface area contributed by atoms with Crippen LogP contribution in [0.25, 0.3) is 0 Å². The molecule has 2 heterocycles. The average Bonchev–Trinajstić information content (AvgIpc) is 3.00. The minimum absolute atomic E-state index is 0.116. The van der Waals surface area contributed by atoms with Gasteiger partial charge in [0, 0.05) is 0 Å². The molecule has 1 fully saturated rings. The van der Waals surface area contributed by atoms with Crippen LogP contribution in [0.4, 0.5) is 9.93 Å². The molecule has 2 amide bonds. The summed E-state index contributed by atoms with van der Waals surface area (Å²) in [6, 6.07) is 9.78. The van der Waals surface area contributed by atoms with E-state index < -0.39 is 0 Å². The lowest BCUT2D eigenvalue weighted by molar-refractivity contribution is -0.0783. The van der Waals surface area contributed by atoms with Gasteiger partial charge in [-0.15, -0.1) is 10.2 Å². The van der Waals surface area contributed by atoms with Crippen LogP contribution in [0, 0.1) is 0 Å². The lowest BCUT2D eigenvalue weighted by Gasteiger charge is -2.45. The molecule has 3 rings (SSSR count). The fourth-order valence-corrected chi connectivity index (χ4v) is 2.90. The molecule has 0 bridgehead atoms. The number of nitrogens with one attached hydrogen (secondary N) is 1. The van der Waals surface area contributed by atoms with Crippen LogP contribution in [0.2, 0.25) is 0 Å². The SMILES string of the molecule is CC1(C)CO[C@@H](c2ccccc2)CN1C(=O)Nc1nncs1. The summed E-state index contributed by atoms with van der Waals surface area (Å²) < 4.78 is 5.95. The highest BCUT2D eigenvalue weighted by Crippen LogP contribution is 2.30. The second-order valence-electron chi connectivity index (χ2n) is 5.81. The summed E-state index contributed by atoms with van der Waals surface area (Å²) in [5, 5.41) is 10.9. The summed E-state index contributed by atoms with van der Waals surface area (Å²) in [4.78, 5) is 14.4. The molecular formula is C15H18N4O2S. The van der Waals surface area contributed by atoms with Crippen LogP contribution in [0.3, 0.4) is 0 Å². The van der Waals surface area contributed by atoms with E-state index in [1.165, 1.54) is 11.3 Å². The Hall–Kier alpha value is -1.99. The van der Waals surface area contributed by atoms with E-state index in [0.29, 0.717) is 18.3 Å². The van der Waals surface area contributed by atoms with Gasteiger partial charge in [0.1, 0.15) is 11.6 Å². The molecule has 1 N–H and O–H groups in total. The zero-order valence-electron chi connectivity index (χ0n) is 12.5. The smallest absolute Gasteiger partial charge is 0.324 e. The first-order valence-corrected chi connectivity index (χ1v) is 7.95. The van der Waals surface area contributed by atoms with E-state index in [2.05, 4.69) is 15.5 Å². The maximum absolute atomic E-state index is 12.6. The lowest BCUT2D eigenvalue weighted by atomic mass is 9.98. The van der Waals surface area contributed by atoms with Gasteiger partial charge in [0.25, 0.3) is 0 Å². The Balaban J connectivity index is 1.76. The van der Waals surface area contributed by atoms with Crippen molar-refractivity contribution in [2.75, 3.05) is 18.5 Å². The predicted molar refractivity (Wildman–Crippen MR) is 84.8 cm³/mol. The molecule has 0 saturated carbocycles. The Morgan fingerprint density at radius 3 is 2.86 bits per heavy atom. The zero-order valence-corrected chi connectivity index (χ0v) is 13.3. The average molecular weight is 318 g/mol. The molecule has 0 aliphatic carbocycles. The summed E-state index contributed by atoms with van der Waals surface area (Å²) in [5.41, 5.74) is 2.29. The first-order chi connectivity index (χ1) is 10.6. The summed E-state index contributed by atoms with van der Waals surface area (Å²) >= 11 is 1.30. The third-order valence-electron chi connectivity index (χ3n) is 3.71. The third-order valence-corrected chi connectivity index (χ3v) is 4.31.